The van der Waals surface area contributed by atoms with E-state index < -0.39 is 0 Å². The molecule has 15 heteroatoms. The Morgan fingerprint density at radius 3 is 1.48 bits per heavy atom. The van der Waals surface area contributed by atoms with Gasteiger partial charge in [0.1, 0.15) is 34.8 Å². The number of benzene rings is 4. The number of hydrogen-bond acceptors (Lipinski definition) is 12. The monoisotopic (exact) mass is 971 g/mol. The van der Waals surface area contributed by atoms with Gasteiger partial charge in [-0.3, -0.25) is 9.59 Å². The topological polar surface area (TPSA) is 192 Å². The van der Waals surface area contributed by atoms with Gasteiger partial charge < -0.3 is 9.47 Å². The second-order valence-electron chi connectivity index (χ2n) is 17.5. The molecule has 0 fully saturated rings. The van der Waals surface area contributed by atoms with E-state index >= 15 is 0 Å². The first-order chi connectivity index (χ1) is 35.6. The zero-order valence-corrected chi connectivity index (χ0v) is 42.0. The summed E-state index contributed by atoms with van der Waals surface area (Å²) >= 11 is 0. The fourth-order valence-corrected chi connectivity index (χ4v) is 8.73. The van der Waals surface area contributed by atoms with E-state index in [1.807, 2.05) is 86.6 Å². The molecular weight excluding hydrogens is 915 g/mol. The van der Waals surface area contributed by atoms with Crippen molar-refractivity contribution in [1.29, 1.82) is 5.26 Å². The van der Waals surface area contributed by atoms with E-state index in [1.165, 1.54) is 0 Å². The van der Waals surface area contributed by atoms with E-state index in [0.29, 0.717) is 70.1 Å². The van der Waals surface area contributed by atoms with Gasteiger partial charge in [-0.2, -0.15) is 10.5 Å². The molecular formula is C58H57N11O4. The molecule has 4 aromatic carbocycles. The SMILES string of the molecule is CCCCc1nc(C)n(-c2ccc(OC)cn2)c(=O)c1Cc1ccc(-c2ccccc2-c2nn[nH]n2)cc1.CCCCc1nc(C)n(-c2ccc(OC)cn2)c(=O)c1Cc1ccc(-c2ccccc2C#N)cc1. The van der Waals surface area contributed by atoms with Gasteiger partial charge in [0, 0.05) is 29.5 Å². The predicted octanol–water partition coefficient (Wildman–Crippen LogP) is 10.1. The molecule has 0 radical (unpaired) electrons. The summed E-state index contributed by atoms with van der Waals surface area (Å²) < 4.78 is 13.6. The van der Waals surface area contributed by atoms with E-state index in [1.54, 1.807) is 60.0 Å². The van der Waals surface area contributed by atoms with Gasteiger partial charge in [-0.25, -0.2) is 29.1 Å². The largest absolute Gasteiger partial charge is 0.495 e. The van der Waals surface area contributed by atoms with Crippen molar-refractivity contribution in [2.45, 2.75) is 79.1 Å². The number of aryl methyl sites for hydroxylation is 4. The lowest BCUT2D eigenvalue weighted by molar-refractivity contribution is 0.412. The van der Waals surface area contributed by atoms with E-state index in [9.17, 15) is 14.9 Å². The molecule has 9 aromatic rings. The highest BCUT2D eigenvalue weighted by molar-refractivity contribution is 5.80. The Morgan fingerprint density at radius 1 is 0.589 bits per heavy atom. The maximum Gasteiger partial charge on any atom is 0.263 e. The van der Waals surface area contributed by atoms with Gasteiger partial charge in [-0.1, -0.05) is 118 Å². The van der Waals surface area contributed by atoms with Crippen molar-refractivity contribution in [2.24, 2.45) is 0 Å². The van der Waals surface area contributed by atoms with Crippen LogP contribution in [-0.2, 0) is 25.7 Å². The number of pyridine rings is 2. The summed E-state index contributed by atoms with van der Waals surface area (Å²) in [5.41, 5.74) is 10.4. The molecule has 15 nitrogen and oxygen atoms in total. The highest BCUT2D eigenvalue weighted by atomic mass is 16.5. The molecule has 1 N–H and O–H groups in total. The number of nitrogens with one attached hydrogen (secondary N) is 1. The molecule has 368 valence electrons. The van der Waals surface area contributed by atoms with E-state index in [2.05, 4.69) is 74.8 Å². The lowest BCUT2D eigenvalue weighted by Gasteiger charge is -2.15. The van der Waals surface area contributed by atoms with Crippen LogP contribution in [0.5, 0.6) is 11.5 Å². The van der Waals surface area contributed by atoms with Crippen LogP contribution in [0.2, 0.25) is 0 Å². The van der Waals surface area contributed by atoms with Crippen molar-refractivity contribution >= 4 is 0 Å². The Labute approximate surface area is 424 Å². The maximum absolute atomic E-state index is 13.8. The van der Waals surface area contributed by atoms with Gasteiger partial charge in [0.25, 0.3) is 11.1 Å². The molecule has 0 saturated heterocycles. The summed E-state index contributed by atoms with van der Waals surface area (Å²) in [7, 11) is 3.17. The molecule has 0 atom stereocenters. The molecule has 0 amide bonds. The molecule has 9 rings (SSSR count). The first-order valence-corrected chi connectivity index (χ1v) is 24.4. The molecule has 0 spiro atoms. The van der Waals surface area contributed by atoms with E-state index in [4.69, 9.17) is 19.4 Å². The quantitative estimate of drug-likeness (QED) is 0.0909. The second-order valence-corrected chi connectivity index (χ2v) is 17.5. The highest BCUT2D eigenvalue weighted by Gasteiger charge is 2.20. The van der Waals surface area contributed by atoms with Crippen LogP contribution in [0.25, 0.3) is 45.3 Å². The summed E-state index contributed by atoms with van der Waals surface area (Å²) in [6.07, 6.45) is 9.66. The number of unbranched alkanes of at least 4 members (excludes halogenated alkanes) is 2. The number of aromatic amines is 1. The van der Waals surface area contributed by atoms with Crippen LogP contribution in [0.4, 0.5) is 0 Å². The van der Waals surface area contributed by atoms with Crippen LogP contribution < -0.4 is 20.6 Å². The first-order valence-electron chi connectivity index (χ1n) is 24.4. The van der Waals surface area contributed by atoms with Crippen LogP contribution >= 0.6 is 0 Å². The summed E-state index contributed by atoms with van der Waals surface area (Å²) in [5.74, 6) is 4.09. The normalized spacial score (nSPS) is 10.9. The minimum Gasteiger partial charge on any atom is -0.495 e. The molecule has 5 aromatic heterocycles. The number of nitriles is 1. The standard InChI is InChI=1S/C29H29N7O2.C29H28N4O2/c1-4-5-10-26-25(29(37)36(19(2)31-26)27-16-15-22(38-3)18-30-27)17-20-11-13-21(14-12-20)23-8-6-7-9-24(23)28-32-34-35-33-28;1-4-5-10-27-26(29(34)33(20(2)32-27)28-16-15-24(35-3)19-31-28)17-21-11-13-22(14-12-21)25-9-7-6-8-23(25)18-30/h6-9,11-16,18H,4-5,10,17H2,1-3H3,(H,32,33,34,35);6-9,11-16,19H,4-5,10,17H2,1-3H3. The molecule has 0 aliphatic rings. The van der Waals surface area contributed by atoms with Crippen molar-refractivity contribution in [3.63, 3.8) is 0 Å². The van der Waals surface area contributed by atoms with E-state index in [0.717, 1.165) is 88.9 Å². The second kappa shape index (κ2) is 23.8. The van der Waals surface area contributed by atoms with Crippen molar-refractivity contribution < 1.29 is 9.47 Å². The Bertz CT molecular complexity index is 3460. The number of rotatable bonds is 17. The van der Waals surface area contributed by atoms with Crippen LogP contribution in [0.15, 0.2) is 143 Å². The van der Waals surface area contributed by atoms with Gasteiger partial charge in [0.2, 0.25) is 5.82 Å². The molecule has 5 heterocycles. The van der Waals surface area contributed by atoms with Crippen LogP contribution in [0.3, 0.4) is 0 Å². The third-order valence-corrected chi connectivity index (χ3v) is 12.6. The number of nitrogens with zero attached hydrogens (tertiary/aromatic N) is 10. The Balaban J connectivity index is 0.000000196. The Hall–Kier alpha value is -8.90. The van der Waals surface area contributed by atoms with Crippen molar-refractivity contribution in [2.75, 3.05) is 14.2 Å². The van der Waals surface area contributed by atoms with Gasteiger partial charge in [-0.05, 0) is 108 Å². The average molecular weight is 972 g/mol. The Kier molecular flexibility index (Phi) is 16.5. The predicted molar refractivity (Wildman–Crippen MR) is 282 cm³/mol. The molecule has 73 heavy (non-hydrogen) atoms. The summed E-state index contributed by atoms with van der Waals surface area (Å²) in [6, 6.07) is 41.2. The number of tetrazole rings is 1. The van der Waals surface area contributed by atoms with Gasteiger partial charge in [-0.15, -0.1) is 10.2 Å². The Morgan fingerprint density at radius 2 is 1.05 bits per heavy atom. The first kappa shape index (κ1) is 50.5. The van der Waals surface area contributed by atoms with Gasteiger partial charge >= 0.3 is 0 Å². The van der Waals surface area contributed by atoms with Crippen molar-refractivity contribution in [1.82, 2.24) is 49.7 Å². The smallest absolute Gasteiger partial charge is 0.263 e. The fourth-order valence-electron chi connectivity index (χ4n) is 8.73. The number of H-pyrrole nitrogens is 1. The minimum absolute atomic E-state index is 0.0900. The molecule has 0 bridgehead atoms. The highest BCUT2D eigenvalue weighted by Crippen LogP contribution is 2.31. The van der Waals surface area contributed by atoms with Crippen molar-refractivity contribution in [3.8, 4) is 62.8 Å². The van der Waals surface area contributed by atoms with Crippen LogP contribution in [0, 0.1) is 25.2 Å². The molecule has 0 unspecified atom stereocenters. The van der Waals surface area contributed by atoms with Gasteiger partial charge in [0.15, 0.2) is 0 Å². The molecule has 0 saturated carbocycles. The average Bonchev–Trinajstić information content (AvgIpc) is 3.98. The third kappa shape index (κ3) is 11.7. The maximum atomic E-state index is 13.8. The number of aromatic nitrogens is 10. The van der Waals surface area contributed by atoms with Crippen molar-refractivity contribution in [3.05, 3.63) is 205 Å². The van der Waals surface area contributed by atoms with E-state index in [-0.39, 0.29) is 11.1 Å². The third-order valence-electron chi connectivity index (χ3n) is 12.6. The number of hydrogen-bond donors (Lipinski definition) is 1. The van der Waals surface area contributed by atoms with Crippen LogP contribution in [-0.4, -0.2) is 63.9 Å². The lowest BCUT2D eigenvalue weighted by Crippen LogP contribution is -2.29. The number of methoxy groups -OCH3 is 2. The van der Waals surface area contributed by atoms with Crippen LogP contribution in [0.1, 0.15) is 90.4 Å². The summed E-state index contributed by atoms with van der Waals surface area (Å²) in [4.78, 5) is 46.1. The summed E-state index contributed by atoms with van der Waals surface area (Å²) in [5, 5.41) is 23.9. The molecule has 0 aliphatic heterocycles. The zero-order chi connectivity index (χ0) is 51.3. The lowest BCUT2D eigenvalue weighted by atomic mass is 9.96. The van der Waals surface area contributed by atoms with Gasteiger partial charge in [0.05, 0.1) is 49.6 Å². The summed E-state index contributed by atoms with van der Waals surface area (Å²) in [6.45, 7) is 7.96. The molecule has 0 aliphatic carbocycles. The minimum atomic E-state index is -0.0971. The zero-order valence-electron chi connectivity index (χ0n) is 42.0. The number of ether oxygens (including phenoxy) is 2. The fraction of sp³-hybridized carbons (Fsp3) is 0.241.